The van der Waals surface area contributed by atoms with E-state index in [1.54, 1.807) is 13.8 Å². The number of halogens is 2. The molecule has 0 saturated carbocycles. The molecular weight excluding hydrogens is 233 g/mol. The maximum Gasteiger partial charge on any atom is 0.308 e. The Hall–Kier alpha value is -1.29. The summed E-state index contributed by atoms with van der Waals surface area (Å²) in [4.78, 5) is 10.7. The number of benzene rings is 1. The van der Waals surface area contributed by atoms with E-state index in [0.717, 1.165) is 0 Å². The van der Waals surface area contributed by atoms with E-state index in [2.05, 4.69) is 5.32 Å². The van der Waals surface area contributed by atoms with Crippen molar-refractivity contribution in [2.75, 3.05) is 5.32 Å². The number of hydrogen-bond acceptors (Lipinski definition) is 2. The summed E-state index contributed by atoms with van der Waals surface area (Å²) < 4.78 is 12.8. The number of rotatable bonds is 4. The lowest BCUT2D eigenvalue weighted by molar-refractivity contribution is -0.141. The molecule has 0 bridgehead atoms. The molecule has 5 heteroatoms. The van der Waals surface area contributed by atoms with Crippen LogP contribution in [0, 0.1) is 11.7 Å². The summed E-state index contributed by atoms with van der Waals surface area (Å²) in [5, 5.41) is 12.0. The van der Waals surface area contributed by atoms with Crippen LogP contribution in [0.1, 0.15) is 13.8 Å². The van der Waals surface area contributed by atoms with E-state index >= 15 is 0 Å². The standard InChI is InChI=1S/C11H13ClFNO2/c1-6(11(15)16)7(2)14-10-4-3-8(13)5-9(10)12/h3-7,14H,1-2H3,(H,15,16). The molecule has 88 valence electrons. The van der Waals surface area contributed by atoms with Gasteiger partial charge in [-0.1, -0.05) is 11.6 Å². The third kappa shape index (κ3) is 3.10. The first-order valence-electron chi connectivity index (χ1n) is 4.86. The first-order chi connectivity index (χ1) is 7.41. The smallest absolute Gasteiger partial charge is 0.308 e. The van der Waals surface area contributed by atoms with Crippen LogP contribution in [0.2, 0.25) is 5.02 Å². The Labute approximate surface area is 98.2 Å². The number of anilines is 1. The van der Waals surface area contributed by atoms with Crippen LogP contribution in [0.25, 0.3) is 0 Å². The topological polar surface area (TPSA) is 49.3 Å². The molecule has 2 N–H and O–H groups in total. The van der Waals surface area contributed by atoms with Gasteiger partial charge in [0.25, 0.3) is 0 Å². The molecule has 2 unspecified atom stereocenters. The zero-order valence-corrected chi connectivity index (χ0v) is 9.75. The highest BCUT2D eigenvalue weighted by Gasteiger charge is 2.19. The van der Waals surface area contributed by atoms with Crippen LogP contribution >= 0.6 is 11.6 Å². The molecule has 0 aliphatic rings. The van der Waals surface area contributed by atoms with Crippen molar-refractivity contribution >= 4 is 23.3 Å². The number of hydrogen-bond donors (Lipinski definition) is 2. The van der Waals surface area contributed by atoms with Gasteiger partial charge in [0.1, 0.15) is 5.82 Å². The fraction of sp³-hybridized carbons (Fsp3) is 0.364. The van der Waals surface area contributed by atoms with Crippen molar-refractivity contribution in [2.45, 2.75) is 19.9 Å². The highest BCUT2D eigenvalue weighted by Crippen LogP contribution is 2.24. The van der Waals surface area contributed by atoms with Gasteiger partial charge in [0.2, 0.25) is 0 Å². The Balaban J connectivity index is 2.77. The Morgan fingerprint density at radius 2 is 2.12 bits per heavy atom. The van der Waals surface area contributed by atoms with Gasteiger partial charge in [0, 0.05) is 6.04 Å². The minimum absolute atomic E-state index is 0.240. The number of carbonyl (C=O) groups is 1. The van der Waals surface area contributed by atoms with Gasteiger partial charge in [-0.25, -0.2) is 4.39 Å². The van der Waals surface area contributed by atoms with Crippen LogP contribution in [0.3, 0.4) is 0 Å². The Morgan fingerprint density at radius 3 is 2.62 bits per heavy atom. The highest BCUT2D eigenvalue weighted by atomic mass is 35.5. The van der Waals surface area contributed by atoms with E-state index in [9.17, 15) is 9.18 Å². The highest BCUT2D eigenvalue weighted by molar-refractivity contribution is 6.33. The van der Waals surface area contributed by atoms with E-state index in [-0.39, 0.29) is 11.1 Å². The van der Waals surface area contributed by atoms with Crippen LogP contribution in [0.4, 0.5) is 10.1 Å². The third-order valence-corrected chi connectivity index (χ3v) is 2.77. The number of nitrogens with one attached hydrogen (secondary N) is 1. The van der Waals surface area contributed by atoms with Crippen LogP contribution in [-0.4, -0.2) is 17.1 Å². The summed E-state index contributed by atoms with van der Waals surface area (Å²) in [5.74, 6) is -1.87. The second-order valence-corrected chi connectivity index (χ2v) is 4.09. The van der Waals surface area contributed by atoms with Gasteiger partial charge in [0.05, 0.1) is 16.6 Å². The molecule has 0 aliphatic heterocycles. The first-order valence-corrected chi connectivity index (χ1v) is 5.24. The first kappa shape index (κ1) is 12.8. The number of aliphatic carboxylic acids is 1. The molecule has 0 amide bonds. The molecule has 0 spiro atoms. The molecular formula is C11H13ClFNO2. The maximum atomic E-state index is 12.8. The summed E-state index contributed by atoms with van der Waals surface area (Å²) in [6, 6.07) is 3.65. The van der Waals surface area contributed by atoms with Gasteiger partial charge < -0.3 is 10.4 Å². The summed E-state index contributed by atoms with van der Waals surface area (Å²) in [7, 11) is 0. The van der Waals surface area contributed by atoms with E-state index in [1.807, 2.05) is 0 Å². The zero-order valence-electron chi connectivity index (χ0n) is 9.00. The molecule has 0 aliphatic carbocycles. The molecule has 1 aromatic rings. The molecule has 3 nitrogen and oxygen atoms in total. The normalized spacial score (nSPS) is 14.2. The zero-order chi connectivity index (χ0) is 12.3. The Morgan fingerprint density at radius 1 is 1.50 bits per heavy atom. The van der Waals surface area contributed by atoms with Crippen molar-refractivity contribution in [3.63, 3.8) is 0 Å². The van der Waals surface area contributed by atoms with Gasteiger partial charge >= 0.3 is 5.97 Å². The van der Waals surface area contributed by atoms with Gasteiger partial charge in [0.15, 0.2) is 0 Å². The molecule has 0 radical (unpaired) electrons. The van der Waals surface area contributed by atoms with Crippen LogP contribution in [0.5, 0.6) is 0 Å². The SMILES string of the molecule is CC(Nc1ccc(F)cc1Cl)C(C)C(=O)O. The molecule has 0 saturated heterocycles. The Kier molecular flexibility index (Phi) is 4.12. The largest absolute Gasteiger partial charge is 0.481 e. The van der Waals surface area contributed by atoms with Crippen LogP contribution in [-0.2, 0) is 4.79 Å². The Bertz CT molecular complexity index is 398. The van der Waals surface area contributed by atoms with Crippen LogP contribution in [0.15, 0.2) is 18.2 Å². The van der Waals surface area contributed by atoms with Crippen molar-refractivity contribution < 1.29 is 14.3 Å². The second kappa shape index (κ2) is 5.16. The second-order valence-electron chi connectivity index (χ2n) is 3.68. The van der Waals surface area contributed by atoms with Gasteiger partial charge in [-0.3, -0.25) is 4.79 Å². The molecule has 0 fully saturated rings. The molecule has 0 aromatic heterocycles. The minimum atomic E-state index is -0.891. The lowest BCUT2D eigenvalue weighted by Gasteiger charge is -2.19. The summed E-state index contributed by atoms with van der Waals surface area (Å²) in [6.45, 7) is 3.33. The lowest BCUT2D eigenvalue weighted by Crippen LogP contribution is -2.29. The molecule has 0 heterocycles. The van der Waals surface area contributed by atoms with Crippen molar-refractivity contribution in [3.8, 4) is 0 Å². The van der Waals surface area contributed by atoms with Crippen LogP contribution < -0.4 is 5.32 Å². The summed E-state index contributed by atoms with van der Waals surface area (Å²) in [6.07, 6.45) is 0. The van der Waals surface area contributed by atoms with Gasteiger partial charge in [-0.05, 0) is 32.0 Å². The molecule has 1 rings (SSSR count). The predicted molar refractivity (Wildman–Crippen MR) is 61.3 cm³/mol. The predicted octanol–water partition coefficient (Wildman–Crippen LogP) is 3.00. The quantitative estimate of drug-likeness (QED) is 0.857. The van der Waals surface area contributed by atoms with Crippen molar-refractivity contribution in [2.24, 2.45) is 5.92 Å². The van der Waals surface area contributed by atoms with E-state index < -0.39 is 17.7 Å². The van der Waals surface area contributed by atoms with Crippen molar-refractivity contribution in [1.82, 2.24) is 0 Å². The average molecular weight is 246 g/mol. The minimum Gasteiger partial charge on any atom is -0.481 e. The molecule has 16 heavy (non-hydrogen) atoms. The van der Waals surface area contributed by atoms with E-state index in [0.29, 0.717) is 5.69 Å². The fourth-order valence-electron chi connectivity index (χ4n) is 1.19. The van der Waals surface area contributed by atoms with E-state index in [1.165, 1.54) is 18.2 Å². The fourth-order valence-corrected chi connectivity index (χ4v) is 1.41. The third-order valence-electron chi connectivity index (χ3n) is 2.45. The molecule has 2 atom stereocenters. The van der Waals surface area contributed by atoms with Crippen molar-refractivity contribution in [3.05, 3.63) is 29.0 Å². The van der Waals surface area contributed by atoms with Gasteiger partial charge in [-0.15, -0.1) is 0 Å². The number of carboxylic acids is 1. The average Bonchev–Trinajstić information content (AvgIpc) is 2.20. The lowest BCUT2D eigenvalue weighted by atomic mass is 10.0. The monoisotopic (exact) mass is 245 g/mol. The van der Waals surface area contributed by atoms with Crippen molar-refractivity contribution in [1.29, 1.82) is 0 Å². The maximum absolute atomic E-state index is 12.8. The van der Waals surface area contributed by atoms with Gasteiger partial charge in [-0.2, -0.15) is 0 Å². The van der Waals surface area contributed by atoms with E-state index in [4.69, 9.17) is 16.7 Å². The summed E-state index contributed by atoms with van der Waals surface area (Å²) in [5.41, 5.74) is 0.531. The number of carboxylic acid groups (broad SMARTS) is 1. The molecule has 1 aromatic carbocycles. The summed E-state index contributed by atoms with van der Waals surface area (Å²) >= 11 is 5.81.